The molecule has 2 aromatic carbocycles. The Morgan fingerprint density at radius 2 is 1.64 bits per heavy atom. The van der Waals surface area contributed by atoms with E-state index in [0.29, 0.717) is 10.5 Å². The number of hydrogen-bond donors (Lipinski definition) is 0. The Kier molecular flexibility index (Phi) is 2.60. The van der Waals surface area contributed by atoms with Gasteiger partial charge in [0.1, 0.15) is 7.85 Å². The van der Waals surface area contributed by atoms with Gasteiger partial charge in [-0.3, -0.25) is 0 Å². The lowest BCUT2D eigenvalue weighted by Crippen LogP contribution is -2.05. The minimum Gasteiger partial charge on any atom is -0.0875 e. The van der Waals surface area contributed by atoms with E-state index in [0.717, 1.165) is 11.1 Å². The predicted molar refractivity (Wildman–Crippen MR) is 62.3 cm³/mol. The molecule has 2 heteroatoms. The molecular weight excluding hydrogens is 190 g/mol. The van der Waals surface area contributed by atoms with Crippen LogP contribution in [0.3, 0.4) is 0 Å². The summed E-state index contributed by atoms with van der Waals surface area (Å²) in [6.07, 6.45) is 0. The first-order valence-corrected chi connectivity index (χ1v) is 4.75. The van der Waals surface area contributed by atoms with Gasteiger partial charge in [0.25, 0.3) is 0 Å². The van der Waals surface area contributed by atoms with E-state index in [4.69, 9.17) is 19.4 Å². The van der Waals surface area contributed by atoms with Crippen LogP contribution in [0.4, 0.5) is 0 Å². The molecule has 66 valence electrons. The molecule has 0 nitrogen and oxygen atoms in total. The van der Waals surface area contributed by atoms with Crippen molar-refractivity contribution in [2.75, 3.05) is 0 Å². The smallest absolute Gasteiger partial charge is 0.0875 e. The molecule has 0 N–H and O–H groups in total. The molecule has 0 saturated carbocycles. The van der Waals surface area contributed by atoms with Crippen molar-refractivity contribution in [3.8, 4) is 11.1 Å². The van der Waals surface area contributed by atoms with Crippen molar-refractivity contribution < 1.29 is 0 Å². The highest BCUT2D eigenvalue weighted by Gasteiger charge is 2.00. The first kappa shape index (κ1) is 9.35. The summed E-state index contributed by atoms with van der Waals surface area (Å²) in [5, 5.41) is 0.669. The van der Waals surface area contributed by atoms with Gasteiger partial charge in [-0.05, 0) is 23.3 Å². The molecule has 2 aromatic rings. The summed E-state index contributed by atoms with van der Waals surface area (Å²) in [5.74, 6) is 0. The minimum absolute atomic E-state index is 0.669. The summed E-state index contributed by atoms with van der Waals surface area (Å²) >= 11 is 5.82. The molecule has 0 unspecified atom stereocenters. The van der Waals surface area contributed by atoms with Crippen molar-refractivity contribution in [3.63, 3.8) is 0 Å². The van der Waals surface area contributed by atoms with Crippen LogP contribution in [0.1, 0.15) is 0 Å². The number of hydrogen-bond acceptors (Lipinski definition) is 0. The number of halogens is 1. The predicted octanol–water partition coefficient (Wildman–Crippen LogP) is 2.80. The van der Waals surface area contributed by atoms with Crippen LogP contribution >= 0.6 is 11.6 Å². The molecule has 0 atom stereocenters. The van der Waals surface area contributed by atoms with Gasteiger partial charge in [-0.2, -0.15) is 0 Å². The van der Waals surface area contributed by atoms with Crippen molar-refractivity contribution in [3.05, 3.63) is 53.6 Å². The average Bonchev–Trinajstić information content (AvgIpc) is 2.19. The highest BCUT2D eigenvalue weighted by atomic mass is 35.5. The third-order valence-electron chi connectivity index (χ3n) is 2.10. The summed E-state index contributed by atoms with van der Waals surface area (Å²) < 4.78 is 0. The molecule has 0 heterocycles. The van der Waals surface area contributed by atoms with E-state index >= 15 is 0 Å². The van der Waals surface area contributed by atoms with Gasteiger partial charge in [-0.15, -0.1) is 0 Å². The molecule has 0 fully saturated rings. The van der Waals surface area contributed by atoms with Crippen LogP contribution in [-0.2, 0) is 0 Å². The van der Waals surface area contributed by atoms with Crippen molar-refractivity contribution >= 4 is 24.9 Å². The first-order chi connectivity index (χ1) is 6.77. The minimum atomic E-state index is 0.669. The second-order valence-electron chi connectivity index (χ2n) is 3.10. The van der Waals surface area contributed by atoms with Gasteiger partial charge in [0.2, 0.25) is 0 Å². The molecule has 0 spiro atoms. The molecule has 0 amide bonds. The van der Waals surface area contributed by atoms with Crippen LogP contribution in [0.15, 0.2) is 48.5 Å². The third kappa shape index (κ3) is 1.83. The molecular formula is C12H8BCl. The summed E-state index contributed by atoms with van der Waals surface area (Å²) in [4.78, 5) is 0. The van der Waals surface area contributed by atoms with E-state index in [1.807, 2.05) is 42.5 Å². The van der Waals surface area contributed by atoms with Crippen molar-refractivity contribution in [2.24, 2.45) is 0 Å². The maximum absolute atomic E-state index is 5.87. The van der Waals surface area contributed by atoms with Crippen LogP contribution in [-0.4, -0.2) is 7.85 Å². The van der Waals surface area contributed by atoms with Gasteiger partial charge in [0.05, 0.1) is 0 Å². The Hall–Kier alpha value is -1.21. The van der Waals surface area contributed by atoms with Gasteiger partial charge >= 0.3 is 0 Å². The summed E-state index contributed by atoms with van der Waals surface area (Å²) in [6.45, 7) is 0. The van der Waals surface area contributed by atoms with Crippen LogP contribution in [0.2, 0.25) is 5.02 Å². The Morgan fingerprint density at radius 3 is 2.29 bits per heavy atom. The fourth-order valence-corrected chi connectivity index (χ4v) is 1.59. The zero-order chi connectivity index (χ0) is 9.97. The monoisotopic (exact) mass is 198 g/mol. The largest absolute Gasteiger partial charge is 0.114 e. The first-order valence-electron chi connectivity index (χ1n) is 4.38. The van der Waals surface area contributed by atoms with Crippen LogP contribution in [0.25, 0.3) is 11.1 Å². The zero-order valence-corrected chi connectivity index (χ0v) is 8.33. The lowest BCUT2D eigenvalue weighted by molar-refractivity contribution is 1.65. The van der Waals surface area contributed by atoms with Crippen molar-refractivity contribution in [1.29, 1.82) is 0 Å². The summed E-state index contributed by atoms with van der Waals surface area (Å²) in [6, 6.07) is 15.6. The van der Waals surface area contributed by atoms with E-state index in [1.54, 1.807) is 6.07 Å². The summed E-state index contributed by atoms with van der Waals surface area (Å²) in [5.41, 5.74) is 2.85. The number of benzene rings is 2. The van der Waals surface area contributed by atoms with Crippen LogP contribution in [0, 0.1) is 0 Å². The molecule has 0 aromatic heterocycles. The number of rotatable bonds is 1. The quantitative estimate of drug-likeness (QED) is 0.618. The maximum Gasteiger partial charge on any atom is 0.114 e. The van der Waals surface area contributed by atoms with Gasteiger partial charge in [-0.1, -0.05) is 53.5 Å². The van der Waals surface area contributed by atoms with Gasteiger partial charge in [0.15, 0.2) is 0 Å². The fraction of sp³-hybridized carbons (Fsp3) is 0. The molecule has 0 aliphatic carbocycles. The van der Waals surface area contributed by atoms with Gasteiger partial charge in [0, 0.05) is 5.02 Å². The van der Waals surface area contributed by atoms with Crippen LogP contribution in [0.5, 0.6) is 0 Å². The van der Waals surface area contributed by atoms with Gasteiger partial charge in [-0.25, -0.2) is 0 Å². The molecule has 0 bridgehead atoms. The van der Waals surface area contributed by atoms with Crippen molar-refractivity contribution in [1.82, 2.24) is 0 Å². The molecule has 0 aliphatic heterocycles. The highest BCUT2D eigenvalue weighted by molar-refractivity contribution is 6.38. The second-order valence-corrected chi connectivity index (χ2v) is 3.53. The molecule has 14 heavy (non-hydrogen) atoms. The third-order valence-corrected chi connectivity index (χ3v) is 2.33. The molecule has 2 radical (unpaired) electrons. The van der Waals surface area contributed by atoms with Gasteiger partial charge < -0.3 is 0 Å². The zero-order valence-electron chi connectivity index (χ0n) is 7.57. The van der Waals surface area contributed by atoms with E-state index in [1.165, 1.54) is 0 Å². The summed E-state index contributed by atoms with van der Waals surface area (Å²) in [7, 11) is 5.87. The topological polar surface area (TPSA) is 0 Å². The van der Waals surface area contributed by atoms with E-state index in [-0.39, 0.29) is 0 Å². The highest BCUT2D eigenvalue weighted by Crippen LogP contribution is 2.18. The Morgan fingerprint density at radius 1 is 0.929 bits per heavy atom. The molecule has 0 saturated heterocycles. The standard InChI is InChI=1S/C12H8BCl/c13-12-8-10(14)6-7-11(12)9-4-2-1-3-5-9/h1-8H. The van der Waals surface area contributed by atoms with E-state index < -0.39 is 0 Å². The lowest BCUT2D eigenvalue weighted by Gasteiger charge is -2.06. The maximum atomic E-state index is 5.87. The molecule has 0 aliphatic rings. The van der Waals surface area contributed by atoms with E-state index in [9.17, 15) is 0 Å². The van der Waals surface area contributed by atoms with Crippen molar-refractivity contribution in [2.45, 2.75) is 0 Å². The Balaban J connectivity index is 2.53. The Bertz CT molecular complexity index is 437. The van der Waals surface area contributed by atoms with E-state index in [2.05, 4.69) is 0 Å². The SMILES string of the molecule is [B]c1cc(Cl)ccc1-c1ccccc1. The second kappa shape index (κ2) is 3.89. The lowest BCUT2D eigenvalue weighted by atomic mass is 9.87. The fourth-order valence-electron chi connectivity index (χ4n) is 1.41. The van der Waals surface area contributed by atoms with Crippen LogP contribution < -0.4 is 5.46 Å². The molecule has 2 rings (SSSR count). The normalized spacial score (nSPS) is 10.1. The Labute approximate surface area is 89.9 Å². The average molecular weight is 198 g/mol.